The molecule has 1 saturated carbocycles. The fourth-order valence-electron chi connectivity index (χ4n) is 3.49. The third kappa shape index (κ3) is 3.67. The van der Waals surface area contributed by atoms with E-state index in [2.05, 4.69) is 32.7 Å². The Morgan fingerprint density at radius 3 is 2.60 bits per heavy atom. The first kappa shape index (κ1) is 16.1. The predicted octanol–water partition coefficient (Wildman–Crippen LogP) is 3.56. The van der Waals surface area contributed by atoms with Crippen LogP contribution in [0.4, 0.5) is 0 Å². The Kier molecular flexibility index (Phi) is 6.14. The largest absolute Gasteiger partial charge is 0.351 e. The number of rotatable bonds is 2. The molecule has 0 spiro atoms. The molecule has 1 N–H and O–H groups in total. The second kappa shape index (κ2) is 7.64. The Morgan fingerprint density at radius 2 is 2.05 bits per heavy atom. The van der Waals surface area contributed by atoms with Crippen LogP contribution in [0.5, 0.6) is 0 Å². The second-order valence-corrected chi connectivity index (χ2v) is 6.72. The van der Waals surface area contributed by atoms with Crippen molar-refractivity contribution in [1.29, 1.82) is 0 Å². The average molecular weight is 405 g/mol. The molecule has 1 saturated heterocycles. The molecular weight excluding hydrogens is 381 g/mol. The Labute approximate surface area is 142 Å². The van der Waals surface area contributed by atoms with Crippen molar-refractivity contribution in [3.05, 3.63) is 22.4 Å². The summed E-state index contributed by atoms with van der Waals surface area (Å²) in [5.41, 5.74) is 0. The van der Waals surface area contributed by atoms with Gasteiger partial charge in [0, 0.05) is 25.0 Å². The summed E-state index contributed by atoms with van der Waals surface area (Å²) in [6.45, 7) is 3.31. The number of nitrogens with one attached hydrogen (secondary N) is 1. The van der Waals surface area contributed by atoms with E-state index in [9.17, 15) is 0 Å². The molecular formula is C15H24IN3S. The summed E-state index contributed by atoms with van der Waals surface area (Å²) < 4.78 is 0. The molecule has 0 radical (unpaired) electrons. The molecule has 2 fully saturated rings. The van der Waals surface area contributed by atoms with Crippen LogP contribution in [0.1, 0.15) is 30.6 Å². The van der Waals surface area contributed by atoms with Gasteiger partial charge in [-0.05, 0) is 36.1 Å². The Balaban J connectivity index is 0.00000147. The number of aliphatic imine (C=N–C) groups is 1. The molecule has 3 nitrogen and oxygen atoms in total. The molecule has 1 aromatic heterocycles. The van der Waals surface area contributed by atoms with Crippen molar-refractivity contribution in [1.82, 2.24) is 10.2 Å². The van der Waals surface area contributed by atoms with Gasteiger partial charge in [-0.3, -0.25) is 4.99 Å². The van der Waals surface area contributed by atoms with Crippen molar-refractivity contribution in [3.63, 3.8) is 0 Å². The van der Waals surface area contributed by atoms with Crippen LogP contribution >= 0.6 is 35.3 Å². The van der Waals surface area contributed by atoms with Crippen molar-refractivity contribution in [2.75, 3.05) is 20.1 Å². The maximum Gasteiger partial charge on any atom is 0.193 e. The topological polar surface area (TPSA) is 27.6 Å². The lowest BCUT2D eigenvalue weighted by Crippen LogP contribution is -2.39. The monoisotopic (exact) mass is 405 g/mol. The Hall–Kier alpha value is -0.300. The maximum atomic E-state index is 4.46. The summed E-state index contributed by atoms with van der Waals surface area (Å²) >= 11 is 1.80. The number of hydrogen-bond acceptors (Lipinski definition) is 2. The molecule has 0 aromatic carbocycles. The Morgan fingerprint density at radius 1 is 1.35 bits per heavy atom. The van der Waals surface area contributed by atoms with Gasteiger partial charge in [-0.25, -0.2) is 0 Å². The van der Waals surface area contributed by atoms with Gasteiger partial charge in [0.15, 0.2) is 5.96 Å². The summed E-state index contributed by atoms with van der Waals surface area (Å²) in [7, 11) is 1.90. The number of fused-ring (bicyclic) bond motifs is 1. The number of likely N-dealkylation sites (tertiary alicyclic amines) is 1. The molecule has 2 unspecified atom stereocenters. The minimum atomic E-state index is 0. The highest BCUT2D eigenvalue weighted by Gasteiger charge is 2.35. The van der Waals surface area contributed by atoms with Gasteiger partial charge in [0.05, 0.1) is 6.54 Å². The van der Waals surface area contributed by atoms with E-state index in [-0.39, 0.29) is 24.0 Å². The fourth-order valence-corrected chi connectivity index (χ4v) is 4.13. The number of guanidine groups is 1. The zero-order valence-electron chi connectivity index (χ0n) is 12.0. The zero-order valence-corrected chi connectivity index (χ0v) is 15.2. The quantitative estimate of drug-likeness (QED) is 0.463. The lowest BCUT2D eigenvalue weighted by Gasteiger charge is -2.22. The van der Waals surface area contributed by atoms with Gasteiger partial charge in [0.1, 0.15) is 0 Å². The van der Waals surface area contributed by atoms with Crippen molar-refractivity contribution >= 4 is 41.3 Å². The van der Waals surface area contributed by atoms with Crippen molar-refractivity contribution in [2.45, 2.75) is 32.2 Å². The highest BCUT2D eigenvalue weighted by atomic mass is 127. The molecule has 2 heterocycles. The number of nitrogens with zero attached hydrogens (tertiary/aromatic N) is 2. The molecule has 3 rings (SSSR count). The average Bonchev–Trinajstić information content (AvgIpc) is 3.08. The van der Waals surface area contributed by atoms with Crippen LogP contribution in [0.3, 0.4) is 0 Å². The van der Waals surface area contributed by atoms with Gasteiger partial charge < -0.3 is 10.2 Å². The molecule has 1 aliphatic heterocycles. The van der Waals surface area contributed by atoms with Crippen molar-refractivity contribution in [2.24, 2.45) is 16.8 Å². The van der Waals surface area contributed by atoms with Gasteiger partial charge in [-0.2, -0.15) is 0 Å². The van der Waals surface area contributed by atoms with E-state index in [1.165, 1.54) is 43.6 Å². The smallest absolute Gasteiger partial charge is 0.193 e. The van der Waals surface area contributed by atoms with E-state index in [0.29, 0.717) is 0 Å². The maximum absolute atomic E-state index is 4.46. The van der Waals surface area contributed by atoms with E-state index in [1.807, 2.05) is 7.05 Å². The lowest BCUT2D eigenvalue weighted by atomic mass is 9.82. The van der Waals surface area contributed by atoms with Gasteiger partial charge >= 0.3 is 0 Å². The van der Waals surface area contributed by atoms with Gasteiger partial charge in [-0.15, -0.1) is 35.3 Å². The predicted molar refractivity (Wildman–Crippen MR) is 97.0 cm³/mol. The summed E-state index contributed by atoms with van der Waals surface area (Å²) in [5, 5.41) is 5.64. The summed E-state index contributed by atoms with van der Waals surface area (Å²) in [6, 6.07) is 4.28. The van der Waals surface area contributed by atoms with E-state index in [0.717, 1.165) is 24.3 Å². The van der Waals surface area contributed by atoms with E-state index in [4.69, 9.17) is 0 Å². The minimum absolute atomic E-state index is 0. The van der Waals surface area contributed by atoms with E-state index in [1.54, 1.807) is 11.3 Å². The molecule has 1 aliphatic carbocycles. The minimum Gasteiger partial charge on any atom is -0.351 e. The van der Waals surface area contributed by atoms with Crippen LogP contribution in [0, 0.1) is 11.8 Å². The first-order valence-electron chi connectivity index (χ1n) is 7.35. The molecule has 2 atom stereocenters. The van der Waals surface area contributed by atoms with E-state index < -0.39 is 0 Å². The molecule has 20 heavy (non-hydrogen) atoms. The number of thiophene rings is 1. The second-order valence-electron chi connectivity index (χ2n) is 5.69. The van der Waals surface area contributed by atoms with Crippen LogP contribution in [0.25, 0.3) is 0 Å². The number of hydrogen-bond donors (Lipinski definition) is 1. The van der Waals surface area contributed by atoms with Crippen LogP contribution < -0.4 is 5.32 Å². The fraction of sp³-hybridized carbons (Fsp3) is 0.667. The normalized spacial score (nSPS) is 26.1. The van der Waals surface area contributed by atoms with Crippen LogP contribution in [0.2, 0.25) is 0 Å². The van der Waals surface area contributed by atoms with Crippen LogP contribution in [0.15, 0.2) is 22.5 Å². The van der Waals surface area contributed by atoms with Crippen LogP contribution in [-0.4, -0.2) is 31.0 Å². The van der Waals surface area contributed by atoms with Gasteiger partial charge in [0.25, 0.3) is 0 Å². The molecule has 0 bridgehead atoms. The molecule has 0 amide bonds. The van der Waals surface area contributed by atoms with Gasteiger partial charge in [0.2, 0.25) is 0 Å². The summed E-state index contributed by atoms with van der Waals surface area (Å²) in [6.07, 6.45) is 5.69. The Bertz CT molecular complexity index is 418. The molecule has 5 heteroatoms. The van der Waals surface area contributed by atoms with Crippen LogP contribution in [-0.2, 0) is 6.54 Å². The zero-order chi connectivity index (χ0) is 13.1. The molecule has 2 aliphatic rings. The summed E-state index contributed by atoms with van der Waals surface area (Å²) in [5.74, 6) is 2.91. The highest BCUT2D eigenvalue weighted by molar-refractivity contribution is 14.0. The first-order chi connectivity index (χ1) is 9.36. The number of halogens is 1. The summed E-state index contributed by atoms with van der Waals surface area (Å²) in [4.78, 5) is 8.30. The first-order valence-corrected chi connectivity index (χ1v) is 8.23. The van der Waals surface area contributed by atoms with Gasteiger partial charge in [-0.1, -0.05) is 18.9 Å². The molecule has 1 aromatic rings. The lowest BCUT2D eigenvalue weighted by molar-refractivity contribution is 0.299. The van der Waals surface area contributed by atoms with Crippen molar-refractivity contribution in [3.8, 4) is 0 Å². The van der Waals surface area contributed by atoms with Crippen molar-refractivity contribution < 1.29 is 0 Å². The SMILES string of the molecule is CN=C(NCc1cccs1)N1CC2CCCCC2C1.I. The van der Waals surface area contributed by atoms with E-state index >= 15 is 0 Å². The standard InChI is InChI=1S/C15H23N3S.HI/c1-16-15(17-9-14-7-4-8-19-14)18-10-12-5-2-3-6-13(12)11-18;/h4,7-8,12-13H,2-3,5-6,9-11H2,1H3,(H,16,17);1H. The highest BCUT2D eigenvalue weighted by Crippen LogP contribution is 2.35. The third-order valence-corrected chi connectivity index (χ3v) is 5.36. The molecule has 112 valence electrons. The third-order valence-electron chi connectivity index (χ3n) is 4.49.